The highest BCUT2D eigenvalue weighted by Gasteiger charge is 2.71. The highest BCUT2D eigenvalue weighted by atomic mass is 19.4. The number of halogens is 6. The maximum atomic E-state index is 15.1. The smallest absolute Gasteiger partial charge is 0.431 e. The first-order valence-corrected chi connectivity index (χ1v) is 9.24. The Hall–Kier alpha value is -4.42. The minimum absolute atomic E-state index is 0.126. The quantitative estimate of drug-likeness (QED) is 0.546. The van der Waals surface area contributed by atoms with Crippen molar-refractivity contribution in [2.24, 2.45) is 4.99 Å². The van der Waals surface area contributed by atoms with Crippen molar-refractivity contribution >= 4 is 23.8 Å². The number of amidine groups is 1. The van der Waals surface area contributed by atoms with Crippen LogP contribution in [-0.2, 0) is 10.3 Å². The zero-order chi connectivity index (χ0) is 26.2. The minimum atomic E-state index is -5.73. The molecule has 2 amide bonds. The maximum Gasteiger partial charge on any atom is 0.431 e. The summed E-state index contributed by atoms with van der Waals surface area (Å²) in [5.41, 5.74) is -4.89. The van der Waals surface area contributed by atoms with Gasteiger partial charge in [0.05, 0.1) is 5.56 Å². The van der Waals surface area contributed by atoms with Gasteiger partial charge in [-0.1, -0.05) is 0 Å². The number of hydrogen-bond donors (Lipinski definition) is 3. The molecule has 2 aromatic rings. The number of nitriles is 1. The lowest BCUT2D eigenvalue weighted by Gasteiger charge is -2.42. The number of ether oxygens (including phenoxy) is 1. The van der Waals surface area contributed by atoms with Crippen molar-refractivity contribution in [2.75, 3.05) is 5.32 Å². The molecule has 1 aliphatic rings. The molecule has 2 aromatic heterocycles. The molecule has 0 aliphatic carbocycles. The van der Waals surface area contributed by atoms with Crippen molar-refractivity contribution in [1.82, 2.24) is 15.3 Å². The minimum Gasteiger partial charge on any atom is -0.465 e. The van der Waals surface area contributed by atoms with Crippen LogP contribution in [0.15, 0.2) is 35.5 Å². The number of hydrogen-bond acceptors (Lipinski definition) is 7. The average Bonchev–Trinajstić information content (AvgIpc) is 2.76. The van der Waals surface area contributed by atoms with Crippen LogP contribution in [0, 0.1) is 17.1 Å². The van der Waals surface area contributed by atoms with Gasteiger partial charge < -0.3 is 15.2 Å². The van der Waals surface area contributed by atoms with Gasteiger partial charge in [-0.3, -0.25) is 4.79 Å². The van der Waals surface area contributed by atoms with Gasteiger partial charge in [-0.2, -0.15) is 27.2 Å². The van der Waals surface area contributed by atoms with Gasteiger partial charge in [0.2, 0.25) is 0 Å². The molecule has 35 heavy (non-hydrogen) atoms. The van der Waals surface area contributed by atoms with E-state index in [1.165, 1.54) is 11.4 Å². The van der Waals surface area contributed by atoms with Crippen LogP contribution in [0.2, 0.25) is 0 Å². The van der Waals surface area contributed by atoms with E-state index < -0.39 is 59.1 Å². The first-order valence-electron chi connectivity index (χ1n) is 9.24. The number of carbonyl (C=O) groups excluding carboxylic acids is 1. The van der Waals surface area contributed by atoms with Gasteiger partial charge in [0, 0.05) is 6.20 Å². The average molecular weight is 502 g/mol. The molecular formula is C19H12F6N6O4. The van der Waals surface area contributed by atoms with Crippen LogP contribution >= 0.6 is 0 Å². The number of carbonyl (C=O) groups is 2. The van der Waals surface area contributed by atoms with Gasteiger partial charge in [-0.15, -0.1) is 0 Å². The second kappa shape index (κ2) is 8.74. The van der Waals surface area contributed by atoms with Gasteiger partial charge in [-0.25, -0.2) is 29.5 Å². The van der Waals surface area contributed by atoms with E-state index in [1.807, 2.05) is 0 Å². The third-order valence-electron chi connectivity index (χ3n) is 4.72. The van der Waals surface area contributed by atoms with E-state index in [9.17, 15) is 27.2 Å². The van der Waals surface area contributed by atoms with Crippen LogP contribution < -0.4 is 10.6 Å². The topological polar surface area (TPSA) is 150 Å². The lowest BCUT2D eigenvalue weighted by atomic mass is 9.84. The van der Waals surface area contributed by atoms with E-state index in [2.05, 4.69) is 25.0 Å². The van der Waals surface area contributed by atoms with Crippen molar-refractivity contribution in [3.63, 3.8) is 0 Å². The summed E-state index contributed by atoms with van der Waals surface area (Å²) < 4.78 is 88.9. The normalized spacial score (nSPS) is 21.2. The highest BCUT2D eigenvalue weighted by molar-refractivity contribution is 6.02. The Bertz CT molecular complexity index is 1240. The van der Waals surface area contributed by atoms with Gasteiger partial charge >= 0.3 is 18.2 Å². The van der Waals surface area contributed by atoms with Gasteiger partial charge in [0.1, 0.15) is 29.1 Å². The van der Waals surface area contributed by atoms with Gasteiger partial charge in [-0.05, 0) is 31.2 Å². The molecule has 0 aromatic carbocycles. The zero-order valence-corrected chi connectivity index (χ0v) is 17.2. The SMILES string of the molecule is C[C@]1(c2nc(NC(=O)c3ccc(C#N)cn3)ccc2F)N=C(NC(=O)O)O[C@@H](C(F)(F)F)C1(F)F. The lowest BCUT2D eigenvalue weighted by Crippen LogP contribution is -2.62. The number of rotatable bonds is 3. The Balaban J connectivity index is 2.07. The van der Waals surface area contributed by atoms with E-state index in [4.69, 9.17) is 10.4 Å². The molecule has 10 nitrogen and oxygen atoms in total. The molecule has 0 fully saturated rings. The number of aliphatic imine (C=N–C) groups is 1. The van der Waals surface area contributed by atoms with Crippen LogP contribution in [0.4, 0.5) is 37.0 Å². The monoisotopic (exact) mass is 502 g/mol. The summed E-state index contributed by atoms with van der Waals surface area (Å²) in [5.74, 6) is -8.04. The standard InChI is InChI=1S/C19H12F6N6O4/c1-17(18(21,22)14(19(23,24)25)35-15(31-17)30-16(33)34)12-9(20)3-5-11(28-12)29-13(32)10-4-2-8(6-26)7-27-10/h2-5,7,14H,1H3,(H,30,31)(H,33,34)(H,28,29,32)/t14-,17-/m1/s1. The summed E-state index contributed by atoms with van der Waals surface area (Å²) in [5, 5.41) is 20.9. The number of anilines is 1. The maximum absolute atomic E-state index is 15.1. The van der Waals surface area contributed by atoms with E-state index >= 15 is 8.78 Å². The van der Waals surface area contributed by atoms with Crippen molar-refractivity contribution in [2.45, 2.75) is 30.7 Å². The highest BCUT2D eigenvalue weighted by Crippen LogP contribution is 2.51. The van der Waals surface area contributed by atoms with Gasteiger partial charge in [0.25, 0.3) is 18.0 Å². The Kier molecular flexibility index (Phi) is 6.29. The number of carboxylic acid groups (broad SMARTS) is 1. The van der Waals surface area contributed by atoms with Gasteiger partial charge in [0.15, 0.2) is 5.54 Å². The van der Waals surface area contributed by atoms with Crippen LogP contribution in [0.5, 0.6) is 0 Å². The molecule has 3 rings (SSSR count). The summed E-state index contributed by atoms with van der Waals surface area (Å²) in [6.07, 6.45) is -10.6. The van der Waals surface area contributed by atoms with E-state index in [0.29, 0.717) is 13.0 Å². The van der Waals surface area contributed by atoms with E-state index in [-0.39, 0.29) is 11.3 Å². The van der Waals surface area contributed by atoms with Crippen molar-refractivity contribution in [3.05, 3.63) is 53.2 Å². The molecule has 0 spiro atoms. The summed E-state index contributed by atoms with van der Waals surface area (Å²) in [6.45, 7) is 0.400. The number of nitrogens with one attached hydrogen (secondary N) is 2. The molecule has 0 unspecified atom stereocenters. The van der Waals surface area contributed by atoms with E-state index in [1.54, 1.807) is 6.07 Å². The Morgan fingerprint density at radius 2 is 1.89 bits per heavy atom. The molecule has 0 saturated heterocycles. The van der Waals surface area contributed by atoms with Crippen molar-refractivity contribution in [3.8, 4) is 6.07 Å². The first kappa shape index (κ1) is 25.2. The predicted octanol–water partition coefficient (Wildman–Crippen LogP) is 3.17. The van der Waals surface area contributed by atoms with Crippen LogP contribution in [0.3, 0.4) is 0 Å². The molecular weight excluding hydrogens is 490 g/mol. The Morgan fingerprint density at radius 3 is 2.43 bits per heavy atom. The fourth-order valence-corrected chi connectivity index (χ4v) is 3.00. The van der Waals surface area contributed by atoms with Crippen LogP contribution in [0.1, 0.15) is 28.7 Å². The fourth-order valence-electron chi connectivity index (χ4n) is 3.00. The second-order valence-electron chi connectivity index (χ2n) is 7.11. The third kappa shape index (κ3) is 4.78. The molecule has 2 atom stereocenters. The van der Waals surface area contributed by atoms with Crippen molar-refractivity contribution < 1.29 is 45.8 Å². The Labute approximate surface area is 191 Å². The molecule has 184 valence electrons. The number of nitrogens with zero attached hydrogens (tertiary/aromatic N) is 4. The largest absolute Gasteiger partial charge is 0.465 e. The summed E-state index contributed by atoms with van der Waals surface area (Å²) in [7, 11) is 0. The predicted molar refractivity (Wildman–Crippen MR) is 103 cm³/mol. The number of pyridine rings is 2. The summed E-state index contributed by atoms with van der Waals surface area (Å²) in [6, 6.07) is 4.08. The molecule has 0 bridgehead atoms. The van der Waals surface area contributed by atoms with Crippen LogP contribution in [0.25, 0.3) is 0 Å². The molecule has 0 radical (unpaired) electrons. The van der Waals surface area contributed by atoms with Crippen molar-refractivity contribution in [1.29, 1.82) is 5.26 Å². The molecule has 1 aliphatic heterocycles. The number of alkyl halides is 5. The number of aromatic nitrogens is 2. The second-order valence-corrected chi connectivity index (χ2v) is 7.11. The molecule has 3 N–H and O–H groups in total. The fraction of sp³-hybridized carbons (Fsp3) is 0.263. The third-order valence-corrected chi connectivity index (χ3v) is 4.72. The number of amides is 2. The van der Waals surface area contributed by atoms with Crippen LogP contribution in [-0.4, -0.2) is 51.3 Å². The summed E-state index contributed by atoms with van der Waals surface area (Å²) in [4.78, 5) is 33.6. The molecule has 0 saturated carbocycles. The Morgan fingerprint density at radius 1 is 1.20 bits per heavy atom. The lowest BCUT2D eigenvalue weighted by molar-refractivity contribution is -0.288. The zero-order valence-electron chi connectivity index (χ0n) is 17.2. The molecule has 16 heteroatoms. The first-order chi connectivity index (χ1) is 16.2. The summed E-state index contributed by atoms with van der Waals surface area (Å²) >= 11 is 0. The van der Waals surface area contributed by atoms with E-state index in [0.717, 1.165) is 18.3 Å². The molecule has 3 heterocycles.